The summed E-state index contributed by atoms with van der Waals surface area (Å²) in [5.74, 6) is 0.726. The predicted molar refractivity (Wildman–Crippen MR) is 76.1 cm³/mol. The van der Waals surface area contributed by atoms with E-state index in [1.54, 1.807) is 18.2 Å². The van der Waals surface area contributed by atoms with Gasteiger partial charge < -0.3 is 9.84 Å². The summed E-state index contributed by atoms with van der Waals surface area (Å²) < 4.78 is 6.90. The highest BCUT2D eigenvalue weighted by atomic mass is 16.5. The van der Waals surface area contributed by atoms with Crippen molar-refractivity contribution in [1.29, 1.82) is 0 Å². The van der Waals surface area contributed by atoms with Crippen molar-refractivity contribution in [3.63, 3.8) is 0 Å². The third-order valence-electron chi connectivity index (χ3n) is 3.12. The Labute approximate surface area is 115 Å². The summed E-state index contributed by atoms with van der Waals surface area (Å²) in [4.78, 5) is 11.0. The number of benzene rings is 2. The summed E-state index contributed by atoms with van der Waals surface area (Å²) >= 11 is 0. The van der Waals surface area contributed by atoms with Gasteiger partial charge in [0.2, 0.25) is 0 Å². The Kier molecular flexibility index (Phi) is 3.13. The maximum atomic E-state index is 11.0. The molecule has 0 unspecified atom stereocenters. The van der Waals surface area contributed by atoms with Crippen LogP contribution in [0.1, 0.15) is 5.56 Å². The smallest absolute Gasteiger partial charge is 0.415 e. The molecule has 3 aromatic rings. The third-order valence-corrected chi connectivity index (χ3v) is 3.12. The molecule has 0 atom stereocenters. The second-order valence-electron chi connectivity index (χ2n) is 4.46. The lowest BCUT2D eigenvalue weighted by atomic mass is 10.2. The minimum atomic E-state index is -0.988. The van der Waals surface area contributed by atoms with Gasteiger partial charge in [0.05, 0.1) is 5.52 Å². The largest absolute Gasteiger partial charge is 0.489 e. The van der Waals surface area contributed by atoms with Crippen LogP contribution in [0.5, 0.6) is 5.75 Å². The third kappa shape index (κ3) is 2.36. The molecule has 0 aliphatic carbocycles. The molecule has 3 rings (SSSR count). The SMILES string of the molecule is O=C(O)n1ccc2cc(OCc3ccccc3)ccc21. The molecule has 0 aliphatic heterocycles. The molecular weight excluding hydrogens is 254 g/mol. The molecule has 0 aliphatic rings. The van der Waals surface area contributed by atoms with E-state index in [-0.39, 0.29) is 0 Å². The predicted octanol–water partition coefficient (Wildman–Crippen LogP) is 3.75. The first-order valence-electron chi connectivity index (χ1n) is 6.25. The number of aromatic nitrogens is 1. The molecule has 0 bridgehead atoms. The lowest BCUT2D eigenvalue weighted by molar-refractivity contribution is 0.197. The Hall–Kier alpha value is -2.75. The van der Waals surface area contributed by atoms with Gasteiger partial charge in [-0.05, 0) is 29.8 Å². The Morgan fingerprint density at radius 1 is 1.10 bits per heavy atom. The van der Waals surface area contributed by atoms with Gasteiger partial charge in [-0.3, -0.25) is 4.57 Å². The number of carboxylic acid groups (broad SMARTS) is 1. The number of carbonyl (C=O) groups is 1. The molecule has 4 nitrogen and oxygen atoms in total. The van der Waals surface area contributed by atoms with Crippen LogP contribution in [0.15, 0.2) is 60.8 Å². The van der Waals surface area contributed by atoms with E-state index in [0.717, 1.165) is 16.7 Å². The van der Waals surface area contributed by atoms with Crippen LogP contribution in [0, 0.1) is 0 Å². The van der Waals surface area contributed by atoms with Gasteiger partial charge in [0.25, 0.3) is 0 Å². The van der Waals surface area contributed by atoms with Crippen molar-refractivity contribution in [2.24, 2.45) is 0 Å². The van der Waals surface area contributed by atoms with Crippen molar-refractivity contribution in [2.75, 3.05) is 0 Å². The fourth-order valence-electron chi connectivity index (χ4n) is 2.12. The number of hydrogen-bond acceptors (Lipinski definition) is 2. The van der Waals surface area contributed by atoms with Crippen LogP contribution in [-0.4, -0.2) is 15.8 Å². The van der Waals surface area contributed by atoms with Gasteiger partial charge in [0.1, 0.15) is 12.4 Å². The minimum Gasteiger partial charge on any atom is -0.489 e. The second kappa shape index (κ2) is 5.09. The maximum Gasteiger partial charge on any atom is 0.415 e. The molecule has 2 aromatic carbocycles. The lowest BCUT2D eigenvalue weighted by Crippen LogP contribution is -2.05. The lowest BCUT2D eigenvalue weighted by Gasteiger charge is -2.06. The maximum absolute atomic E-state index is 11.0. The molecule has 0 saturated heterocycles. The summed E-state index contributed by atoms with van der Waals surface area (Å²) in [7, 11) is 0. The Morgan fingerprint density at radius 3 is 2.65 bits per heavy atom. The van der Waals surface area contributed by atoms with Gasteiger partial charge in [-0.25, -0.2) is 4.79 Å². The van der Waals surface area contributed by atoms with Gasteiger partial charge in [0, 0.05) is 11.6 Å². The first-order valence-corrected chi connectivity index (χ1v) is 6.25. The molecule has 1 aromatic heterocycles. The summed E-state index contributed by atoms with van der Waals surface area (Å²) in [5, 5.41) is 9.87. The molecule has 1 heterocycles. The fourth-order valence-corrected chi connectivity index (χ4v) is 2.12. The zero-order chi connectivity index (χ0) is 13.9. The van der Waals surface area contributed by atoms with E-state index in [4.69, 9.17) is 9.84 Å². The monoisotopic (exact) mass is 267 g/mol. The van der Waals surface area contributed by atoms with Gasteiger partial charge in [0.15, 0.2) is 0 Å². The average Bonchev–Trinajstić information content (AvgIpc) is 2.89. The average molecular weight is 267 g/mol. The van der Waals surface area contributed by atoms with Gasteiger partial charge >= 0.3 is 6.09 Å². The van der Waals surface area contributed by atoms with Crippen LogP contribution in [0.25, 0.3) is 10.9 Å². The number of ether oxygens (including phenoxy) is 1. The number of hydrogen-bond donors (Lipinski definition) is 1. The van der Waals surface area contributed by atoms with Gasteiger partial charge in [-0.2, -0.15) is 0 Å². The number of fused-ring (bicyclic) bond motifs is 1. The minimum absolute atomic E-state index is 0.492. The molecular formula is C16H13NO3. The van der Waals surface area contributed by atoms with E-state index in [1.165, 1.54) is 10.8 Å². The number of nitrogens with zero attached hydrogens (tertiary/aromatic N) is 1. The van der Waals surface area contributed by atoms with E-state index >= 15 is 0 Å². The molecule has 0 spiro atoms. The zero-order valence-corrected chi connectivity index (χ0v) is 10.7. The van der Waals surface area contributed by atoms with Crippen LogP contribution in [0.3, 0.4) is 0 Å². The van der Waals surface area contributed by atoms with Gasteiger partial charge in [-0.1, -0.05) is 30.3 Å². The molecule has 4 heteroatoms. The van der Waals surface area contributed by atoms with Crippen LogP contribution in [0.4, 0.5) is 4.79 Å². The summed E-state index contributed by atoms with van der Waals surface area (Å²) in [6, 6.07) is 17.0. The van der Waals surface area contributed by atoms with Crippen LogP contribution in [-0.2, 0) is 6.61 Å². The fraction of sp³-hybridized carbons (Fsp3) is 0.0625. The summed E-state index contributed by atoms with van der Waals surface area (Å²) in [5.41, 5.74) is 1.75. The van der Waals surface area contributed by atoms with Crippen molar-refractivity contribution in [2.45, 2.75) is 6.61 Å². The van der Waals surface area contributed by atoms with E-state index in [9.17, 15) is 4.79 Å². The van der Waals surface area contributed by atoms with Crippen LogP contribution < -0.4 is 4.74 Å². The van der Waals surface area contributed by atoms with Crippen molar-refractivity contribution < 1.29 is 14.6 Å². The van der Waals surface area contributed by atoms with E-state index in [1.807, 2.05) is 36.4 Å². The Bertz CT molecular complexity index is 747. The molecule has 0 radical (unpaired) electrons. The van der Waals surface area contributed by atoms with Crippen LogP contribution in [0.2, 0.25) is 0 Å². The first-order chi connectivity index (χ1) is 9.74. The molecule has 20 heavy (non-hydrogen) atoms. The van der Waals surface area contributed by atoms with E-state index in [0.29, 0.717) is 12.1 Å². The molecule has 1 N–H and O–H groups in total. The standard InChI is InChI=1S/C16H13NO3/c18-16(19)17-9-8-13-10-14(6-7-15(13)17)20-11-12-4-2-1-3-5-12/h1-10H,11H2,(H,18,19). The molecule has 0 fully saturated rings. The van der Waals surface area contributed by atoms with Crippen molar-refractivity contribution >= 4 is 17.0 Å². The first kappa shape index (κ1) is 12.3. The highest BCUT2D eigenvalue weighted by Crippen LogP contribution is 2.22. The second-order valence-corrected chi connectivity index (χ2v) is 4.46. The van der Waals surface area contributed by atoms with Crippen molar-refractivity contribution in [1.82, 2.24) is 4.57 Å². The normalized spacial score (nSPS) is 10.6. The summed E-state index contributed by atoms with van der Waals surface area (Å²) in [6.45, 7) is 0.492. The highest BCUT2D eigenvalue weighted by Gasteiger charge is 2.07. The van der Waals surface area contributed by atoms with Gasteiger partial charge in [-0.15, -0.1) is 0 Å². The summed E-state index contributed by atoms with van der Waals surface area (Å²) in [6.07, 6.45) is 0.548. The Balaban J connectivity index is 1.81. The Morgan fingerprint density at radius 2 is 1.90 bits per heavy atom. The van der Waals surface area contributed by atoms with Crippen LogP contribution >= 0.6 is 0 Å². The molecule has 100 valence electrons. The quantitative estimate of drug-likeness (QED) is 0.786. The van der Waals surface area contributed by atoms with E-state index in [2.05, 4.69) is 0 Å². The van der Waals surface area contributed by atoms with Crippen molar-refractivity contribution in [3.05, 3.63) is 66.4 Å². The number of rotatable bonds is 3. The molecule has 0 amide bonds. The molecule has 0 saturated carbocycles. The van der Waals surface area contributed by atoms with Crippen molar-refractivity contribution in [3.8, 4) is 5.75 Å². The topological polar surface area (TPSA) is 51.5 Å². The zero-order valence-electron chi connectivity index (χ0n) is 10.7. The van der Waals surface area contributed by atoms with E-state index < -0.39 is 6.09 Å². The highest BCUT2D eigenvalue weighted by molar-refractivity contribution is 5.89.